The van der Waals surface area contributed by atoms with Crippen molar-refractivity contribution in [2.24, 2.45) is 5.92 Å². The molecule has 7 nitrogen and oxygen atoms in total. The fourth-order valence-electron chi connectivity index (χ4n) is 2.18. The molecule has 1 aliphatic rings. The first-order valence-electron chi connectivity index (χ1n) is 7.54. The highest BCUT2D eigenvalue weighted by Gasteiger charge is 2.30. The van der Waals surface area contributed by atoms with E-state index in [1.165, 1.54) is 4.68 Å². The predicted octanol–water partition coefficient (Wildman–Crippen LogP) is 0.943. The Morgan fingerprint density at radius 2 is 2.00 bits per heavy atom. The molecule has 3 rings (SSSR count). The zero-order valence-electron chi connectivity index (χ0n) is 12.5. The van der Waals surface area contributed by atoms with Gasteiger partial charge in [0.2, 0.25) is 5.91 Å². The van der Waals surface area contributed by atoms with Gasteiger partial charge >= 0.3 is 0 Å². The van der Waals surface area contributed by atoms with E-state index in [2.05, 4.69) is 15.7 Å². The first kappa shape index (κ1) is 15.2. The number of hydrogen-bond acceptors (Lipinski definition) is 4. The van der Waals surface area contributed by atoms with Gasteiger partial charge in [-0.1, -0.05) is 18.2 Å². The van der Waals surface area contributed by atoms with Gasteiger partial charge in [-0.3, -0.25) is 9.59 Å². The average Bonchev–Trinajstić information content (AvgIpc) is 3.34. The Labute approximate surface area is 133 Å². The van der Waals surface area contributed by atoms with Crippen LogP contribution in [0.25, 0.3) is 5.69 Å². The fourth-order valence-corrected chi connectivity index (χ4v) is 2.18. The van der Waals surface area contributed by atoms with Gasteiger partial charge < -0.3 is 15.7 Å². The smallest absolute Gasteiger partial charge is 0.271 e. The van der Waals surface area contributed by atoms with Crippen LogP contribution in [0, 0.1) is 5.92 Å². The van der Waals surface area contributed by atoms with Crippen molar-refractivity contribution in [3.05, 3.63) is 42.1 Å². The maximum atomic E-state index is 12.0. The summed E-state index contributed by atoms with van der Waals surface area (Å²) in [5.74, 6) is 0.0723. The molecule has 2 aromatic rings. The Morgan fingerprint density at radius 1 is 1.26 bits per heavy atom. The molecule has 1 aromatic carbocycles. The van der Waals surface area contributed by atoms with Crippen molar-refractivity contribution in [2.45, 2.75) is 12.8 Å². The molecular formula is C16H18N4O3. The van der Waals surface area contributed by atoms with E-state index in [-0.39, 0.29) is 30.7 Å². The second-order valence-electron chi connectivity index (χ2n) is 5.41. The fraction of sp³-hybridized carbons (Fsp3) is 0.312. The summed E-state index contributed by atoms with van der Waals surface area (Å²) in [5.41, 5.74) is 0.938. The molecule has 0 bridgehead atoms. The molecule has 0 radical (unpaired) electrons. The van der Waals surface area contributed by atoms with Crippen LogP contribution in [0.4, 0.5) is 5.82 Å². The van der Waals surface area contributed by atoms with E-state index >= 15 is 0 Å². The third-order valence-electron chi connectivity index (χ3n) is 3.54. The zero-order valence-corrected chi connectivity index (χ0v) is 12.5. The van der Waals surface area contributed by atoms with Crippen LogP contribution in [0.1, 0.15) is 23.3 Å². The number of nitrogens with one attached hydrogen (secondary N) is 2. The number of benzene rings is 1. The van der Waals surface area contributed by atoms with E-state index in [4.69, 9.17) is 5.11 Å². The van der Waals surface area contributed by atoms with E-state index in [0.29, 0.717) is 5.82 Å². The normalized spacial score (nSPS) is 13.6. The predicted molar refractivity (Wildman–Crippen MR) is 84.3 cm³/mol. The minimum atomic E-state index is -0.393. The van der Waals surface area contributed by atoms with Gasteiger partial charge in [-0.05, 0) is 25.0 Å². The number of nitrogens with zero attached hydrogens (tertiary/aromatic N) is 2. The maximum absolute atomic E-state index is 12.0. The number of rotatable bonds is 6. The Balaban J connectivity index is 1.89. The minimum Gasteiger partial charge on any atom is -0.395 e. The molecule has 1 aliphatic carbocycles. The van der Waals surface area contributed by atoms with Gasteiger partial charge in [0.05, 0.1) is 12.3 Å². The third kappa shape index (κ3) is 3.57. The first-order valence-corrected chi connectivity index (χ1v) is 7.54. The number of amides is 2. The minimum absolute atomic E-state index is 0.0515. The highest BCUT2D eigenvalue weighted by atomic mass is 16.3. The number of anilines is 1. The van der Waals surface area contributed by atoms with Crippen LogP contribution < -0.4 is 10.6 Å². The van der Waals surface area contributed by atoms with Crippen LogP contribution >= 0.6 is 0 Å². The van der Waals surface area contributed by atoms with Gasteiger partial charge in [-0.2, -0.15) is 5.10 Å². The molecule has 1 heterocycles. The Kier molecular flexibility index (Phi) is 4.38. The van der Waals surface area contributed by atoms with Gasteiger partial charge in [-0.15, -0.1) is 0 Å². The molecule has 0 aliphatic heterocycles. The van der Waals surface area contributed by atoms with Crippen LogP contribution in [0.3, 0.4) is 0 Å². The van der Waals surface area contributed by atoms with Gasteiger partial charge in [-0.25, -0.2) is 4.68 Å². The molecule has 1 aromatic heterocycles. The summed E-state index contributed by atoms with van der Waals surface area (Å²) in [6.07, 6.45) is 1.80. The average molecular weight is 314 g/mol. The van der Waals surface area contributed by atoms with Crippen molar-refractivity contribution in [3.63, 3.8) is 0 Å². The van der Waals surface area contributed by atoms with Gasteiger partial charge in [0, 0.05) is 18.5 Å². The van der Waals surface area contributed by atoms with Crippen LogP contribution in [0.5, 0.6) is 0 Å². The Morgan fingerprint density at radius 3 is 2.65 bits per heavy atom. The third-order valence-corrected chi connectivity index (χ3v) is 3.54. The Bertz CT molecular complexity index is 707. The van der Waals surface area contributed by atoms with Crippen molar-refractivity contribution in [3.8, 4) is 5.69 Å². The molecule has 0 spiro atoms. The monoisotopic (exact) mass is 314 g/mol. The molecule has 0 unspecified atom stereocenters. The van der Waals surface area contributed by atoms with Crippen LogP contribution in [-0.4, -0.2) is 39.9 Å². The van der Waals surface area contributed by atoms with Crippen molar-refractivity contribution in [1.29, 1.82) is 0 Å². The van der Waals surface area contributed by atoms with E-state index in [0.717, 1.165) is 18.5 Å². The summed E-state index contributed by atoms with van der Waals surface area (Å²) >= 11 is 0. The Hall–Kier alpha value is -2.67. The number of carbonyl (C=O) groups is 2. The lowest BCUT2D eigenvalue weighted by atomic mass is 10.3. The van der Waals surface area contributed by atoms with Gasteiger partial charge in [0.1, 0.15) is 5.82 Å². The molecule has 0 atom stereocenters. The molecule has 0 saturated heterocycles. The molecule has 120 valence electrons. The second kappa shape index (κ2) is 6.62. The van der Waals surface area contributed by atoms with Crippen molar-refractivity contribution < 1.29 is 14.7 Å². The number of carbonyl (C=O) groups excluding carboxylic acids is 2. The lowest BCUT2D eigenvalue weighted by Crippen LogP contribution is -2.26. The van der Waals surface area contributed by atoms with Crippen LogP contribution in [0.15, 0.2) is 36.4 Å². The summed E-state index contributed by atoms with van der Waals surface area (Å²) in [6.45, 7) is 0.0111. The quantitative estimate of drug-likeness (QED) is 0.739. The topological polar surface area (TPSA) is 96.3 Å². The van der Waals surface area contributed by atoms with E-state index in [9.17, 15) is 9.59 Å². The van der Waals surface area contributed by atoms with E-state index in [1.54, 1.807) is 6.07 Å². The van der Waals surface area contributed by atoms with Gasteiger partial charge in [0.25, 0.3) is 5.91 Å². The van der Waals surface area contributed by atoms with Crippen molar-refractivity contribution in [2.75, 3.05) is 18.5 Å². The van der Waals surface area contributed by atoms with Crippen molar-refractivity contribution >= 4 is 17.6 Å². The highest BCUT2D eigenvalue weighted by Crippen LogP contribution is 2.30. The number of aliphatic hydroxyl groups is 1. The SMILES string of the molecule is O=C(NCCO)c1cc(NC(=O)C2CC2)n(-c2ccccc2)n1. The molecule has 3 N–H and O–H groups in total. The molecule has 1 saturated carbocycles. The number of para-hydroxylation sites is 1. The van der Waals surface area contributed by atoms with Crippen molar-refractivity contribution in [1.82, 2.24) is 15.1 Å². The largest absolute Gasteiger partial charge is 0.395 e. The maximum Gasteiger partial charge on any atom is 0.271 e. The molecule has 23 heavy (non-hydrogen) atoms. The van der Waals surface area contributed by atoms with Crippen LogP contribution in [0.2, 0.25) is 0 Å². The summed E-state index contributed by atoms with van der Waals surface area (Å²) < 4.78 is 1.54. The number of hydrogen-bond donors (Lipinski definition) is 3. The second-order valence-corrected chi connectivity index (χ2v) is 5.41. The number of aliphatic hydroxyl groups excluding tert-OH is 1. The number of aromatic nitrogens is 2. The molecular weight excluding hydrogens is 296 g/mol. The van der Waals surface area contributed by atoms with Crippen LogP contribution in [-0.2, 0) is 4.79 Å². The van der Waals surface area contributed by atoms with E-state index in [1.807, 2.05) is 30.3 Å². The first-order chi connectivity index (χ1) is 11.2. The lowest BCUT2D eigenvalue weighted by Gasteiger charge is -2.08. The summed E-state index contributed by atoms with van der Waals surface area (Å²) in [5, 5.41) is 18.4. The highest BCUT2D eigenvalue weighted by molar-refractivity contribution is 5.97. The molecule has 2 amide bonds. The van der Waals surface area contributed by atoms with E-state index < -0.39 is 5.91 Å². The lowest BCUT2D eigenvalue weighted by molar-refractivity contribution is -0.117. The summed E-state index contributed by atoms with van der Waals surface area (Å²) in [6, 6.07) is 10.8. The summed E-state index contributed by atoms with van der Waals surface area (Å²) in [7, 11) is 0. The van der Waals surface area contributed by atoms with Gasteiger partial charge in [0.15, 0.2) is 5.69 Å². The molecule has 1 fully saturated rings. The zero-order chi connectivity index (χ0) is 16.2. The summed E-state index contributed by atoms with van der Waals surface area (Å²) in [4.78, 5) is 24.0. The molecule has 7 heteroatoms. The standard InChI is InChI=1S/C16H18N4O3/c21-9-8-17-16(23)13-10-14(18-15(22)11-6-7-11)20(19-13)12-4-2-1-3-5-12/h1-5,10-11,21H,6-9H2,(H,17,23)(H,18,22).